The van der Waals surface area contributed by atoms with Crippen LogP contribution in [0, 0.1) is 5.92 Å². The lowest BCUT2D eigenvalue weighted by atomic mass is 9.95. The minimum Gasteiger partial charge on any atom is -0.327 e. The molecule has 4 nitrogen and oxygen atoms in total. The minimum atomic E-state index is 0.0509. The number of benzene rings is 1. The van der Waals surface area contributed by atoms with Crippen LogP contribution in [0.5, 0.6) is 0 Å². The third-order valence-corrected chi connectivity index (χ3v) is 4.28. The number of hydrogen-bond donors (Lipinski definition) is 2. The Morgan fingerprint density at radius 1 is 1.38 bits per heavy atom. The zero-order valence-corrected chi connectivity index (χ0v) is 13.3. The Kier molecular flexibility index (Phi) is 5.37. The van der Waals surface area contributed by atoms with E-state index in [9.17, 15) is 4.79 Å². The Bertz CT molecular complexity index is 469. The van der Waals surface area contributed by atoms with E-state index in [2.05, 4.69) is 43.1 Å². The topological polar surface area (TPSA) is 58.4 Å². The predicted octanol–water partition coefficient (Wildman–Crippen LogP) is 2.42. The molecule has 1 aliphatic heterocycles. The van der Waals surface area contributed by atoms with Crippen LogP contribution in [0.2, 0.25) is 0 Å². The number of nitrogens with zero attached hydrogens (tertiary/aromatic N) is 1. The smallest absolute Gasteiger partial charge is 0.238 e. The van der Waals surface area contributed by atoms with Gasteiger partial charge in [0.25, 0.3) is 0 Å². The van der Waals surface area contributed by atoms with Crippen LogP contribution < -0.4 is 11.1 Å². The van der Waals surface area contributed by atoms with Crippen molar-refractivity contribution < 1.29 is 4.79 Å². The highest BCUT2D eigenvalue weighted by molar-refractivity contribution is 5.92. The summed E-state index contributed by atoms with van der Waals surface area (Å²) in [5.41, 5.74) is 8.16. The fraction of sp³-hybridized carbons (Fsp3) is 0.588. The van der Waals surface area contributed by atoms with E-state index in [0.29, 0.717) is 18.4 Å². The molecule has 4 heteroatoms. The van der Waals surface area contributed by atoms with Crippen LogP contribution in [-0.4, -0.2) is 36.5 Å². The second-order valence-corrected chi connectivity index (χ2v) is 6.49. The van der Waals surface area contributed by atoms with E-state index in [1.54, 1.807) is 0 Å². The Morgan fingerprint density at radius 3 is 2.62 bits per heavy atom. The molecule has 1 fully saturated rings. The zero-order valence-electron chi connectivity index (χ0n) is 13.3. The van der Waals surface area contributed by atoms with Crippen LogP contribution in [0.3, 0.4) is 0 Å². The molecule has 0 aliphatic carbocycles. The number of amides is 1. The highest BCUT2D eigenvalue weighted by Gasteiger charge is 2.24. The number of likely N-dealkylation sites (tertiary alicyclic amines) is 1. The number of nitrogens with two attached hydrogens (primary N) is 1. The number of piperidine rings is 1. The van der Waals surface area contributed by atoms with E-state index in [1.165, 1.54) is 5.56 Å². The molecule has 1 amide bonds. The van der Waals surface area contributed by atoms with Gasteiger partial charge in [0.15, 0.2) is 0 Å². The maximum atomic E-state index is 12.1. The maximum absolute atomic E-state index is 12.1. The Balaban J connectivity index is 1.84. The Morgan fingerprint density at radius 2 is 2.05 bits per heavy atom. The molecule has 0 radical (unpaired) electrons. The molecule has 1 saturated heterocycles. The average molecular weight is 289 g/mol. The van der Waals surface area contributed by atoms with Gasteiger partial charge in [0, 0.05) is 24.8 Å². The number of rotatable bonds is 4. The summed E-state index contributed by atoms with van der Waals surface area (Å²) >= 11 is 0. The van der Waals surface area contributed by atoms with E-state index in [1.807, 2.05) is 12.1 Å². The van der Waals surface area contributed by atoms with Gasteiger partial charge in [-0.15, -0.1) is 0 Å². The van der Waals surface area contributed by atoms with Crippen molar-refractivity contribution in [3.8, 4) is 0 Å². The molecule has 1 heterocycles. The van der Waals surface area contributed by atoms with Gasteiger partial charge in [0.2, 0.25) is 5.91 Å². The maximum Gasteiger partial charge on any atom is 0.238 e. The van der Waals surface area contributed by atoms with Crippen molar-refractivity contribution in [1.82, 2.24) is 4.90 Å². The van der Waals surface area contributed by atoms with Crippen molar-refractivity contribution in [3.63, 3.8) is 0 Å². The first-order valence-electron chi connectivity index (χ1n) is 7.83. The van der Waals surface area contributed by atoms with Gasteiger partial charge in [-0.05, 0) is 36.0 Å². The minimum absolute atomic E-state index is 0.0509. The summed E-state index contributed by atoms with van der Waals surface area (Å²) in [6.07, 6.45) is 0.970. The van der Waals surface area contributed by atoms with Crippen molar-refractivity contribution in [3.05, 3.63) is 29.8 Å². The monoisotopic (exact) mass is 289 g/mol. The predicted molar refractivity (Wildman–Crippen MR) is 87.4 cm³/mol. The molecule has 0 spiro atoms. The lowest BCUT2D eigenvalue weighted by molar-refractivity contribution is -0.117. The van der Waals surface area contributed by atoms with E-state index < -0.39 is 0 Å². The van der Waals surface area contributed by atoms with E-state index in [-0.39, 0.29) is 11.9 Å². The molecule has 0 bridgehead atoms. The summed E-state index contributed by atoms with van der Waals surface area (Å²) in [6.45, 7) is 8.74. The first kappa shape index (κ1) is 16.0. The molecule has 2 unspecified atom stereocenters. The van der Waals surface area contributed by atoms with Crippen LogP contribution in [0.25, 0.3) is 0 Å². The van der Waals surface area contributed by atoms with Crippen molar-refractivity contribution in [2.75, 3.05) is 25.0 Å². The molecular formula is C17H27N3O. The number of hydrogen-bond acceptors (Lipinski definition) is 3. The normalized spacial score (nSPS) is 23.3. The summed E-state index contributed by atoms with van der Waals surface area (Å²) in [6, 6.07) is 8.36. The second kappa shape index (κ2) is 7.05. The lowest BCUT2D eigenvalue weighted by Gasteiger charge is -2.34. The van der Waals surface area contributed by atoms with Crippen LogP contribution in [0.15, 0.2) is 24.3 Å². The van der Waals surface area contributed by atoms with Crippen LogP contribution in [0.1, 0.15) is 38.7 Å². The molecule has 21 heavy (non-hydrogen) atoms. The molecule has 3 N–H and O–H groups in total. The molecule has 2 rings (SSSR count). The Labute approximate surface area is 127 Å². The molecule has 2 atom stereocenters. The summed E-state index contributed by atoms with van der Waals surface area (Å²) in [4.78, 5) is 14.3. The van der Waals surface area contributed by atoms with Gasteiger partial charge in [0.05, 0.1) is 6.54 Å². The second-order valence-electron chi connectivity index (χ2n) is 6.49. The average Bonchev–Trinajstić information content (AvgIpc) is 2.43. The van der Waals surface area contributed by atoms with Gasteiger partial charge in [-0.1, -0.05) is 32.9 Å². The number of anilines is 1. The third-order valence-electron chi connectivity index (χ3n) is 4.28. The highest BCUT2D eigenvalue weighted by atomic mass is 16.2. The van der Waals surface area contributed by atoms with Crippen molar-refractivity contribution in [2.24, 2.45) is 11.7 Å². The fourth-order valence-corrected chi connectivity index (χ4v) is 2.75. The number of carbonyl (C=O) groups is 1. The summed E-state index contributed by atoms with van der Waals surface area (Å²) in [5, 5.41) is 2.97. The van der Waals surface area contributed by atoms with Gasteiger partial charge < -0.3 is 11.1 Å². The van der Waals surface area contributed by atoms with Crippen molar-refractivity contribution >= 4 is 11.6 Å². The molecule has 1 aromatic carbocycles. The van der Waals surface area contributed by atoms with Crippen LogP contribution in [0.4, 0.5) is 5.69 Å². The van der Waals surface area contributed by atoms with Crippen LogP contribution >= 0.6 is 0 Å². The molecule has 0 saturated carbocycles. The zero-order chi connectivity index (χ0) is 15.4. The molecule has 116 valence electrons. The van der Waals surface area contributed by atoms with Gasteiger partial charge in [-0.25, -0.2) is 0 Å². The molecule has 0 aromatic heterocycles. The highest BCUT2D eigenvalue weighted by Crippen LogP contribution is 2.18. The first-order chi connectivity index (χ1) is 9.95. The van der Waals surface area contributed by atoms with Crippen molar-refractivity contribution in [2.45, 2.75) is 39.2 Å². The Hall–Kier alpha value is -1.39. The van der Waals surface area contributed by atoms with Gasteiger partial charge in [0.1, 0.15) is 0 Å². The van der Waals surface area contributed by atoms with E-state index in [4.69, 9.17) is 5.73 Å². The van der Waals surface area contributed by atoms with E-state index >= 15 is 0 Å². The summed E-state index contributed by atoms with van der Waals surface area (Å²) < 4.78 is 0. The SMILES string of the molecule is CC(C)c1ccc(NC(=O)CN2CCC(N)C(C)C2)cc1. The first-order valence-corrected chi connectivity index (χ1v) is 7.83. The van der Waals surface area contributed by atoms with E-state index in [0.717, 1.165) is 25.2 Å². The summed E-state index contributed by atoms with van der Waals surface area (Å²) in [5.74, 6) is 1.01. The number of nitrogens with one attached hydrogen (secondary N) is 1. The third kappa shape index (κ3) is 4.55. The fourth-order valence-electron chi connectivity index (χ4n) is 2.75. The van der Waals surface area contributed by atoms with Gasteiger partial charge in [-0.2, -0.15) is 0 Å². The standard InChI is InChI=1S/C17H27N3O/c1-12(2)14-4-6-15(7-5-14)19-17(21)11-20-9-8-16(18)13(3)10-20/h4-7,12-13,16H,8-11,18H2,1-3H3,(H,19,21). The largest absolute Gasteiger partial charge is 0.327 e. The van der Waals surface area contributed by atoms with Gasteiger partial charge >= 0.3 is 0 Å². The van der Waals surface area contributed by atoms with Gasteiger partial charge in [-0.3, -0.25) is 9.69 Å². The van der Waals surface area contributed by atoms with Crippen LogP contribution in [-0.2, 0) is 4.79 Å². The molecular weight excluding hydrogens is 262 g/mol. The quantitative estimate of drug-likeness (QED) is 0.895. The molecule has 1 aliphatic rings. The molecule has 1 aromatic rings. The van der Waals surface area contributed by atoms with Crippen molar-refractivity contribution in [1.29, 1.82) is 0 Å². The lowest BCUT2D eigenvalue weighted by Crippen LogP contribution is -2.48. The summed E-state index contributed by atoms with van der Waals surface area (Å²) in [7, 11) is 0. The number of carbonyl (C=O) groups excluding carboxylic acids is 1.